The third-order valence-electron chi connectivity index (χ3n) is 15.8. The van der Waals surface area contributed by atoms with Gasteiger partial charge in [0.2, 0.25) is 5.91 Å². The van der Waals surface area contributed by atoms with Crippen LogP contribution in [0.15, 0.2) is 12.2 Å². The normalized spacial score (nSPS) is 12.5. The molecule has 3 N–H and O–H groups in total. The Hall–Kier alpha value is -1.40. The molecule has 0 bridgehead atoms. The number of unbranched alkanes of at least 4 members (excludes halogenated alkanes) is 50. The lowest BCUT2D eigenvalue weighted by atomic mass is 10.0. The van der Waals surface area contributed by atoms with E-state index in [-0.39, 0.29) is 18.5 Å². The van der Waals surface area contributed by atoms with Gasteiger partial charge in [0.1, 0.15) is 0 Å². The lowest BCUT2D eigenvalue weighted by molar-refractivity contribution is -0.143. The molecule has 0 fully saturated rings. The first-order valence-corrected chi connectivity index (χ1v) is 33.4. The number of carbonyl (C=O) groups is 2. The molecule has 2 atom stereocenters. The van der Waals surface area contributed by atoms with Gasteiger partial charge in [0.25, 0.3) is 0 Å². The third kappa shape index (κ3) is 59.7. The standard InChI is InChI=1S/C67H131NO5/c1-3-5-7-9-11-13-15-16-17-18-19-20-21-22-23-24-27-30-33-36-40-43-47-51-55-59-65(70)64(63-69)68-66(71)60-56-52-48-44-41-37-34-31-28-25-26-29-32-35-38-42-46-50-54-58-62-73-67(72)61-57-53-49-45-39-14-12-10-8-6-4-2/h10,12,64-65,69-70H,3-9,11,13-63H2,1-2H3,(H,68,71)/b12-10-. The topological polar surface area (TPSA) is 95.9 Å². The van der Waals surface area contributed by atoms with Crippen molar-refractivity contribution in [3.05, 3.63) is 12.2 Å². The van der Waals surface area contributed by atoms with Gasteiger partial charge in [-0.2, -0.15) is 0 Å². The number of hydrogen-bond acceptors (Lipinski definition) is 5. The summed E-state index contributed by atoms with van der Waals surface area (Å²) in [5, 5.41) is 23.4. The molecular formula is C67H131NO5. The van der Waals surface area contributed by atoms with Crippen molar-refractivity contribution in [2.45, 2.75) is 392 Å². The van der Waals surface area contributed by atoms with E-state index < -0.39 is 12.1 Å². The number of nitrogens with one attached hydrogen (secondary N) is 1. The van der Waals surface area contributed by atoms with E-state index in [1.165, 1.54) is 302 Å². The molecule has 0 radical (unpaired) electrons. The molecule has 0 aliphatic heterocycles. The number of ether oxygens (including phenoxy) is 1. The Labute approximate surface area is 457 Å². The number of aliphatic hydroxyl groups is 2. The van der Waals surface area contributed by atoms with Crippen molar-refractivity contribution >= 4 is 11.9 Å². The van der Waals surface area contributed by atoms with Gasteiger partial charge in [0.05, 0.1) is 25.4 Å². The highest BCUT2D eigenvalue weighted by Gasteiger charge is 2.20. The summed E-state index contributed by atoms with van der Waals surface area (Å²) >= 11 is 0. The molecule has 434 valence electrons. The first kappa shape index (κ1) is 71.6. The summed E-state index contributed by atoms with van der Waals surface area (Å²) in [7, 11) is 0. The molecule has 73 heavy (non-hydrogen) atoms. The molecule has 0 heterocycles. The summed E-state index contributed by atoms with van der Waals surface area (Å²) < 4.78 is 5.46. The van der Waals surface area contributed by atoms with Crippen LogP contribution in [0.25, 0.3) is 0 Å². The highest BCUT2D eigenvalue weighted by Crippen LogP contribution is 2.19. The first-order valence-electron chi connectivity index (χ1n) is 33.4. The van der Waals surface area contributed by atoms with Crippen LogP contribution in [0.3, 0.4) is 0 Å². The SMILES string of the molecule is CCCC/C=C\CCCCCCCC(=O)OCCCCCCCCCCCCCCCCCCCCCCC(=O)NC(CO)C(O)CCCCCCCCCCCCCCCCCCCCCCCCCCC. The lowest BCUT2D eigenvalue weighted by Crippen LogP contribution is -2.45. The Morgan fingerprint density at radius 3 is 1.01 bits per heavy atom. The minimum Gasteiger partial charge on any atom is -0.466 e. The number of rotatable bonds is 63. The molecular weight excluding hydrogens is 899 g/mol. The van der Waals surface area contributed by atoms with Crippen LogP contribution in [0.5, 0.6) is 0 Å². The monoisotopic (exact) mass is 1030 g/mol. The average molecular weight is 1030 g/mol. The molecule has 2 unspecified atom stereocenters. The minimum absolute atomic E-state index is 0.000643. The smallest absolute Gasteiger partial charge is 0.305 e. The Balaban J connectivity index is 3.39. The molecule has 6 heteroatoms. The number of hydrogen-bond donors (Lipinski definition) is 3. The number of allylic oxidation sites excluding steroid dienone is 2. The Morgan fingerprint density at radius 2 is 0.658 bits per heavy atom. The van der Waals surface area contributed by atoms with Gasteiger partial charge in [-0.25, -0.2) is 0 Å². The molecule has 0 saturated heterocycles. The molecule has 0 aliphatic carbocycles. The fourth-order valence-corrected chi connectivity index (χ4v) is 10.7. The van der Waals surface area contributed by atoms with Crippen molar-refractivity contribution in [2.24, 2.45) is 0 Å². The number of amides is 1. The van der Waals surface area contributed by atoms with Gasteiger partial charge in [-0.15, -0.1) is 0 Å². The Morgan fingerprint density at radius 1 is 0.370 bits per heavy atom. The third-order valence-corrected chi connectivity index (χ3v) is 15.8. The van der Waals surface area contributed by atoms with Gasteiger partial charge in [-0.05, 0) is 44.9 Å². The van der Waals surface area contributed by atoms with E-state index in [0.717, 1.165) is 44.9 Å². The van der Waals surface area contributed by atoms with Crippen LogP contribution in [0.4, 0.5) is 0 Å². The van der Waals surface area contributed by atoms with E-state index in [4.69, 9.17) is 4.74 Å². The maximum atomic E-state index is 12.5. The van der Waals surface area contributed by atoms with Gasteiger partial charge < -0.3 is 20.3 Å². The summed E-state index contributed by atoms with van der Waals surface area (Å²) in [4.78, 5) is 24.5. The van der Waals surface area contributed by atoms with Gasteiger partial charge in [0, 0.05) is 12.8 Å². The van der Waals surface area contributed by atoms with E-state index in [0.29, 0.717) is 25.9 Å². The predicted octanol–water partition coefficient (Wildman–Crippen LogP) is 21.2. The van der Waals surface area contributed by atoms with Crippen molar-refractivity contribution in [3.8, 4) is 0 Å². The quantitative estimate of drug-likeness (QED) is 0.0320. The summed E-state index contributed by atoms with van der Waals surface area (Å²) in [6.07, 6.45) is 76.7. The molecule has 0 rings (SSSR count). The van der Waals surface area contributed by atoms with E-state index in [1.54, 1.807) is 0 Å². The predicted molar refractivity (Wildman–Crippen MR) is 320 cm³/mol. The molecule has 0 saturated carbocycles. The van der Waals surface area contributed by atoms with Crippen LogP contribution < -0.4 is 5.32 Å². The zero-order valence-corrected chi connectivity index (χ0v) is 49.6. The van der Waals surface area contributed by atoms with Gasteiger partial charge in [0.15, 0.2) is 0 Å². The molecule has 0 aromatic carbocycles. The Kier molecular flexibility index (Phi) is 61.9. The van der Waals surface area contributed by atoms with Crippen molar-refractivity contribution in [1.82, 2.24) is 5.32 Å². The second kappa shape index (κ2) is 63.1. The van der Waals surface area contributed by atoms with Gasteiger partial charge in [-0.3, -0.25) is 9.59 Å². The van der Waals surface area contributed by atoms with E-state index in [2.05, 4.69) is 31.3 Å². The average Bonchev–Trinajstić information content (AvgIpc) is 3.39. The Bertz CT molecular complexity index is 1100. The van der Waals surface area contributed by atoms with Crippen LogP contribution in [0.1, 0.15) is 380 Å². The fourth-order valence-electron chi connectivity index (χ4n) is 10.7. The molecule has 1 amide bonds. The minimum atomic E-state index is -0.667. The highest BCUT2D eigenvalue weighted by atomic mass is 16.5. The number of carbonyl (C=O) groups excluding carboxylic acids is 2. The molecule has 0 spiro atoms. The van der Waals surface area contributed by atoms with Crippen LogP contribution in [-0.2, 0) is 14.3 Å². The molecule has 6 nitrogen and oxygen atoms in total. The van der Waals surface area contributed by atoms with E-state index in [1.807, 2.05) is 0 Å². The molecule has 0 aromatic heterocycles. The van der Waals surface area contributed by atoms with E-state index >= 15 is 0 Å². The van der Waals surface area contributed by atoms with Gasteiger partial charge in [-0.1, -0.05) is 334 Å². The summed E-state index contributed by atoms with van der Waals surface area (Å²) in [6, 6.07) is -0.544. The summed E-state index contributed by atoms with van der Waals surface area (Å²) in [5.41, 5.74) is 0. The maximum Gasteiger partial charge on any atom is 0.305 e. The second-order valence-electron chi connectivity index (χ2n) is 23.2. The van der Waals surface area contributed by atoms with Crippen molar-refractivity contribution in [3.63, 3.8) is 0 Å². The van der Waals surface area contributed by atoms with Crippen LogP contribution in [-0.4, -0.2) is 47.4 Å². The van der Waals surface area contributed by atoms with Crippen molar-refractivity contribution < 1.29 is 24.5 Å². The number of aliphatic hydroxyl groups excluding tert-OH is 2. The largest absolute Gasteiger partial charge is 0.466 e. The van der Waals surface area contributed by atoms with Crippen LogP contribution >= 0.6 is 0 Å². The number of esters is 1. The lowest BCUT2D eigenvalue weighted by Gasteiger charge is -2.22. The zero-order chi connectivity index (χ0) is 52.9. The van der Waals surface area contributed by atoms with E-state index in [9.17, 15) is 19.8 Å². The molecule has 0 aromatic rings. The van der Waals surface area contributed by atoms with Crippen LogP contribution in [0.2, 0.25) is 0 Å². The fraction of sp³-hybridized carbons (Fsp3) is 0.940. The highest BCUT2D eigenvalue weighted by molar-refractivity contribution is 5.76. The second-order valence-corrected chi connectivity index (χ2v) is 23.2. The van der Waals surface area contributed by atoms with Gasteiger partial charge >= 0.3 is 5.97 Å². The summed E-state index contributed by atoms with van der Waals surface area (Å²) in [5.74, 6) is -0.0314. The zero-order valence-electron chi connectivity index (χ0n) is 49.6. The van der Waals surface area contributed by atoms with Crippen LogP contribution in [0, 0.1) is 0 Å². The first-order chi connectivity index (χ1) is 36.0. The maximum absolute atomic E-state index is 12.5. The molecule has 0 aliphatic rings. The summed E-state index contributed by atoms with van der Waals surface area (Å²) in [6.45, 7) is 4.95. The van der Waals surface area contributed by atoms with Crippen molar-refractivity contribution in [2.75, 3.05) is 13.2 Å². The van der Waals surface area contributed by atoms with Crippen molar-refractivity contribution in [1.29, 1.82) is 0 Å².